The number of benzene rings is 1. The molecule has 1 N–H and O–H groups in total. The van der Waals surface area contributed by atoms with Gasteiger partial charge in [0.25, 0.3) is 0 Å². The third-order valence-corrected chi connectivity index (χ3v) is 5.55. The number of rotatable bonds is 2. The Labute approximate surface area is 163 Å². The number of hydrogen-bond acceptors (Lipinski definition) is 7. The predicted molar refractivity (Wildman–Crippen MR) is 105 cm³/mol. The van der Waals surface area contributed by atoms with E-state index in [1.54, 1.807) is 12.1 Å². The number of aromatic hydroxyl groups is 1. The van der Waals surface area contributed by atoms with Gasteiger partial charge >= 0.3 is 0 Å². The highest BCUT2D eigenvalue weighted by atomic mass is 16.5. The monoisotopic (exact) mass is 380 g/mol. The molecule has 2 aromatic rings. The maximum atomic E-state index is 9.99. The van der Waals surface area contributed by atoms with Gasteiger partial charge in [0.15, 0.2) is 5.76 Å². The topological polar surface area (TPSA) is 73.8 Å². The molecule has 28 heavy (non-hydrogen) atoms. The molecule has 146 valence electrons. The number of nitrogens with zero attached hydrogens (tertiary/aromatic N) is 4. The van der Waals surface area contributed by atoms with Crippen LogP contribution >= 0.6 is 0 Å². The summed E-state index contributed by atoms with van der Waals surface area (Å²) < 4.78 is 11.8. The van der Waals surface area contributed by atoms with Crippen LogP contribution in [0.4, 0.5) is 5.69 Å². The average Bonchev–Trinajstić information content (AvgIpc) is 3.05. The minimum Gasteiger partial charge on any atom is -0.508 e. The van der Waals surface area contributed by atoms with Gasteiger partial charge in [-0.2, -0.15) is 0 Å². The molecular weight excluding hydrogens is 356 g/mol. The number of hydrogen-bond donors (Lipinski definition) is 1. The highest BCUT2D eigenvalue weighted by molar-refractivity contribution is 6.01. The number of ether oxygens (including phenoxy) is 1. The van der Waals surface area contributed by atoms with Gasteiger partial charge < -0.3 is 19.2 Å². The fraction of sp³-hybridized carbons (Fsp3) is 0.429. The third kappa shape index (κ3) is 2.82. The first kappa shape index (κ1) is 17.5. The molecular formula is C21H24N4O3. The quantitative estimate of drug-likeness (QED) is 0.852. The molecule has 1 aromatic carbocycles. The van der Waals surface area contributed by atoms with E-state index in [0.717, 1.165) is 47.7 Å². The molecule has 0 bridgehead atoms. The Morgan fingerprint density at radius 1 is 1.21 bits per heavy atom. The maximum Gasteiger partial charge on any atom is 0.223 e. The summed E-state index contributed by atoms with van der Waals surface area (Å²) in [4.78, 5) is 14.1. The summed E-state index contributed by atoms with van der Waals surface area (Å²) in [5.74, 6) is 2.24. The second kappa shape index (κ2) is 6.76. The van der Waals surface area contributed by atoms with Crippen LogP contribution in [0.15, 0.2) is 38.7 Å². The molecule has 1 saturated heterocycles. The molecule has 7 nitrogen and oxygen atoms in total. The smallest absolute Gasteiger partial charge is 0.223 e. The van der Waals surface area contributed by atoms with E-state index in [2.05, 4.69) is 27.8 Å². The van der Waals surface area contributed by atoms with Gasteiger partial charge in [0.05, 0.1) is 18.4 Å². The molecule has 0 spiro atoms. The van der Waals surface area contributed by atoms with Crippen molar-refractivity contribution in [1.82, 2.24) is 9.80 Å². The number of phenols is 1. The predicted octanol–water partition coefficient (Wildman–Crippen LogP) is 1.39. The number of aliphatic imine (C=N–C) groups is 1. The number of phenolic OH excluding ortho intramolecular Hbond substituents is 1. The van der Waals surface area contributed by atoms with Crippen molar-refractivity contribution in [2.24, 2.45) is 15.9 Å². The van der Waals surface area contributed by atoms with E-state index in [0.29, 0.717) is 24.7 Å². The van der Waals surface area contributed by atoms with Crippen molar-refractivity contribution < 1.29 is 14.3 Å². The zero-order valence-electron chi connectivity index (χ0n) is 16.1. The molecule has 3 aliphatic heterocycles. The minimum atomic E-state index is -0.0849. The highest BCUT2D eigenvalue weighted by Crippen LogP contribution is 2.36. The van der Waals surface area contributed by atoms with Crippen LogP contribution in [-0.2, 0) is 4.74 Å². The second-order valence-corrected chi connectivity index (χ2v) is 7.64. The van der Waals surface area contributed by atoms with Gasteiger partial charge in [-0.25, -0.2) is 4.99 Å². The molecule has 3 aliphatic rings. The lowest BCUT2D eigenvalue weighted by Crippen LogP contribution is -2.48. The van der Waals surface area contributed by atoms with E-state index in [1.807, 2.05) is 19.2 Å². The summed E-state index contributed by atoms with van der Waals surface area (Å²) in [5, 5.41) is 11.0. The highest BCUT2D eigenvalue weighted by Gasteiger charge is 2.37. The zero-order valence-corrected chi connectivity index (χ0v) is 16.1. The Bertz CT molecular complexity index is 1050. The van der Waals surface area contributed by atoms with Gasteiger partial charge in [0, 0.05) is 32.2 Å². The van der Waals surface area contributed by atoms with E-state index in [4.69, 9.17) is 14.1 Å². The Hall–Kier alpha value is -2.64. The lowest BCUT2D eigenvalue weighted by atomic mass is 10.1. The molecule has 7 heteroatoms. The van der Waals surface area contributed by atoms with Crippen LogP contribution < -0.4 is 10.8 Å². The van der Waals surface area contributed by atoms with Crippen molar-refractivity contribution in [3.8, 4) is 5.75 Å². The van der Waals surface area contributed by atoms with Crippen LogP contribution in [0.3, 0.4) is 0 Å². The lowest BCUT2D eigenvalue weighted by molar-refractivity contribution is -0.0183. The van der Waals surface area contributed by atoms with Crippen molar-refractivity contribution in [2.45, 2.75) is 13.1 Å². The fourth-order valence-corrected chi connectivity index (χ4v) is 4.19. The Balaban J connectivity index is 1.71. The van der Waals surface area contributed by atoms with Crippen LogP contribution in [0.1, 0.15) is 24.4 Å². The summed E-state index contributed by atoms with van der Waals surface area (Å²) in [7, 11) is 2.02. The number of fused-ring (bicyclic) bond motifs is 3. The van der Waals surface area contributed by atoms with Crippen LogP contribution in [0.25, 0.3) is 6.08 Å². The van der Waals surface area contributed by atoms with Gasteiger partial charge in [-0.15, -0.1) is 0 Å². The number of amidine groups is 1. The Kier molecular flexibility index (Phi) is 4.21. The lowest BCUT2D eigenvalue weighted by Gasteiger charge is -2.41. The summed E-state index contributed by atoms with van der Waals surface area (Å²) in [6.07, 6.45) is 2.12. The van der Waals surface area contributed by atoms with E-state index in [-0.39, 0.29) is 11.9 Å². The van der Waals surface area contributed by atoms with Crippen molar-refractivity contribution in [1.29, 1.82) is 0 Å². The molecule has 1 aromatic heterocycles. The summed E-state index contributed by atoms with van der Waals surface area (Å²) in [6, 6.07) is 7.24. The van der Waals surface area contributed by atoms with Crippen molar-refractivity contribution in [3.63, 3.8) is 0 Å². The first-order chi connectivity index (χ1) is 13.6. The van der Waals surface area contributed by atoms with Crippen LogP contribution in [0.5, 0.6) is 5.75 Å². The fourth-order valence-electron chi connectivity index (χ4n) is 4.19. The normalized spacial score (nSPS) is 24.6. The van der Waals surface area contributed by atoms with E-state index >= 15 is 0 Å². The van der Waals surface area contributed by atoms with E-state index in [9.17, 15) is 5.11 Å². The van der Waals surface area contributed by atoms with Gasteiger partial charge in [-0.05, 0) is 18.1 Å². The summed E-state index contributed by atoms with van der Waals surface area (Å²) in [6.45, 7) is 5.94. The SMILES string of the molecule is CC1C=c2c3c(oc2=NC1)C(N1CCOCC1)N(C)C(c1cccc(O)c1)=N3. The minimum absolute atomic E-state index is 0.0849. The largest absolute Gasteiger partial charge is 0.508 e. The summed E-state index contributed by atoms with van der Waals surface area (Å²) >= 11 is 0. The maximum absolute atomic E-state index is 9.99. The van der Waals surface area contributed by atoms with Crippen molar-refractivity contribution in [2.75, 3.05) is 39.9 Å². The van der Waals surface area contributed by atoms with Crippen LogP contribution in [-0.4, -0.2) is 60.6 Å². The van der Waals surface area contributed by atoms with E-state index < -0.39 is 0 Å². The first-order valence-electron chi connectivity index (χ1n) is 9.73. The molecule has 0 aliphatic carbocycles. The third-order valence-electron chi connectivity index (χ3n) is 5.55. The van der Waals surface area contributed by atoms with Crippen LogP contribution in [0, 0.1) is 5.92 Å². The number of morpholine rings is 1. The van der Waals surface area contributed by atoms with Crippen molar-refractivity contribution >= 4 is 17.6 Å². The van der Waals surface area contributed by atoms with Crippen molar-refractivity contribution in [3.05, 3.63) is 46.4 Å². The molecule has 0 amide bonds. The van der Waals surface area contributed by atoms with Crippen LogP contribution in [0.2, 0.25) is 0 Å². The van der Waals surface area contributed by atoms with Gasteiger partial charge in [-0.3, -0.25) is 9.89 Å². The molecule has 2 unspecified atom stereocenters. The Morgan fingerprint density at radius 2 is 2.04 bits per heavy atom. The van der Waals surface area contributed by atoms with Gasteiger partial charge in [0.1, 0.15) is 23.4 Å². The molecule has 1 fully saturated rings. The standard InChI is InChI=1S/C21H24N4O3/c1-13-10-16-17-18(28-20(16)22-12-13)21(25-6-8-27-9-7-25)24(2)19(23-17)14-4-3-5-15(26)11-14/h3-5,10-11,13,21,26H,6-9,12H2,1-2H3. The average molecular weight is 380 g/mol. The molecule has 5 rings (SSSR count). The molecule has 0 saturated carbocycles. The Morgan fingerprint density at radius 3 is 2.82 bits per heavy atom. The second-order valence-electron chi connectivity index (χ2n) is 7.64. The summed E-state index contributed by atoms with van der Waals surface area (Å²) in [5.41, 5.74) is 2.41. The van der Waals surface area contributed by atoms with Gasteiger partial charge in [-0.1, -0.05) is 25.1 Å². The molecule has 4 heterocycles. The number of furan rings is 1. The molecule has 0 radical (unpaired) electrons. The zero-order chi connectivity index (χ0) is 19.3. The van der Waals surface area contributed by atoms with Gasteiger partial charge in [0.2, 0.25) is 5.55 Å². The first-order valence-corrected chi connectivity index (χ1v) is 9.73. The molecule has 2 atom stereocenters. The van der Waals surface area contributed by atoms with E-state index in [1.165, 1.54) is 0 Å².